The molecule has 2 aromatic rings. The Morgan fingerprint density at radius 3 is 2.84 bits per heavy atom. The Morgan fingerprint density at radius 2 is 2.19 bits per heavy atom. The van der Waals surface area contributed by atoms with E-state index in [0.29, 0.717) is 51.0 Å². The van der Waals surface area contributed by atoms with Crippen molar-refractivity contribution in [2.45, 2.75) is 52.7 Å². The first-order chi connectivity index (χ1) is 14.7. The van der Waals surface area contributed by atoms with Crippen LogP contribution >= 0.6 is 15.9 Å². The van der Waals surface area contributed by atoms with Gasteiger partial charge in [0.2, 0.25) is 5.91 Å². The van der Waals surface area contributed by atoms with Crippen LogP contribution in [0.5, 0.6) is 5.88 Å². The average molecular weight is 494 g/mol. The Hall–Kier alpha value is -2.36. The van der Waals surface area contributed by atoms with Crippen molar-refractivity contribution in [1.82, 2.24) is 20.3 Å². The van der Waals surface area contributed by atoms with Crippen LogP contribution in [0, 0.1) is 23.2 Å². The van der Waals surface area contributed by atoms with E-state index in [1.54, 1.807) is 12.3 Å². The summed E-state index contributed by atoms with van der Waals surface area (Å²) < 4.78 is 11.5. The summed E-state index contributed by atoms with van der Waals surface area (Å²) in [7, 11) is 1.48. The number of anilines is 1. The summed E-state index contributed by atoms with van der Waals surface area (Å²) in [6.07, 6.45) is 4.00. The lowest BCUT2D eigenvalue weighted by Gasteiger charge is -2.62. The first-order valence-electron chi connectivity index (χ1n) is 10.5. The lowest BCUT2D eigenvalue weighted by atomic mass is 9.45. The van der Waals surface area contributed by atoms with Gasteiger partial charge >= 0.3 is 0 Å². The Bertz CT molecular complexity index is 1030. The van der Waals surface area contributed by atoms with Gasteiger partial charge in [-0.25, -0.2) is 4.68 Å². The van der Waals surface area contributed by atoms with Crippen molar-refractivity contribution in [2.24, 2.45) is 23.2 Å². The maximum absolute atomic E-state index is 12.7. The van der Waals surface area contributed by atoms with Crippen LogP contribution in [-0.2, 0) is 17.9 Å². The van der Waals surface area contributed by atoms with E-state index >= 15 is 0 Å². The van der Waals surface area contributed by atoms with E-state index in [0.717, 1.165) is 11.1 Å². The number of methoxy groups -OCH3 is 1. The van der Waals surface area contributed by atoms with Gasteiger partial charge in [0.25, 0.3) is 11.4 Å². The van der Waals surface area contributed by atoms with Gasteiger partial charge < -0.3 is 19.9 Å². The van der Waals surface area contributed by atoms with E-state index in [9.17, 15) is 9.59 Å². The standard InChI is InChI=1S/C21H28BrN5O4/c1-11-14-5-12(21(14,2)3)6-15(11)25-16-9-24-27(20(29)19(16)22)10-17(28)23-8-13-7-18(30-4)26-31-13/h7,9,11-12,14-15,25H,5-6,8,10H2,1-4H3,(H,23,28)/t11-,12+,14-,15-/m1/s1. The predicted molar refractivity (Wildman–Crippen MR) is 118 cm³/mol. The summed E-state index contributed by atoms with van der Waals surface area (Å²) in [6, 6.07) is 1.89. The van der Waals surface area contributed by atoms with Crippen molar-refractivity contribution in [3.8, 4) is 5.88 Å². The van der Waals surface area contributed by atoms with Gasteiger partial charge in [-0.1, -0.05) is 20.8 Å². The maximum atomic E-state index is 12.7. The second kappa shape index (κ2) is 8.29. The molecule has 2 bridgehead atoms. The minimum atomic E-state index is -0.360. The number of nitrogens with zero attached hydrogens (tertiary/aromatic N) is 3. The van der Waals surface area contributed by atoms with Crippen molar-refractivity contribution >= 4 is 27.5 Å². The summed E-state index contributed by atoms with van der Waals surface area (Å²) >= 11 is 3.40. The molecular weight excluding hydrogens is 466 g/mol. The molecular formula is C21H28BrN5O4. The quantitative estimate of drug-likeness (QED) is 0.609. The normalized spacial score (nSPS) is 26.1. The molecule has 0 aliphatic heterocycles. The number of amides is 1. The van der Waals surface area contributed by atoms with Crippen LogP contribution in [0.4, 0.5) is 5.69 Å². The maximum Gasteiger partial charge on any atom is 0.283 e. The number of carbonyl (C=O) groups excluding carboxylic acids is 1. The first-order valence-corrected chi connectivity index (χ1v) is 11.3. The molecule has 3 fully saturated rings. The average Bonchev–Trinajstić information content (AvgIpc) is 3.21. The minimum Gasteiger partial charge on any atom is -0.479 e. The third-order valence-electron chi connectivity index (χ3n) is 7.18. The lowest BCUT2D eigenvalue weighted by Crippen LogP contribution is -2.58. The van der Waals surface area contributed by atoms with Gasteiger partial charge in [-0.15, -0.1) is 0 Å². The van der Waals surface area contributed by atoms with Crippen LogP contribution in [0.15, 0.2) is 26.1 Å². The van der Waals surface area contributed by atoms with Crippen molar-refractivity contribution in [1.29, 1.82) is 0 Å². The SMILES string of the molecule is COc1cc(CNC(=O)Cn2ncc(N[C@@H]3C[C@@H]4C[C@H]([C@H]3C)C4(C)C)c(Br)c2=O)on1. The van der Waals surface area contributed by atoms with E-state index in [1.807, 2.05) is 0 Å². The topological polar surface area (TPSA) is 111 Å². The minimum absolute atomic E-state index is 0.142. The van der Waals surface area contributed by atoms with Gasteiger partial charge in [0, 0.05) is 12.1 Å². The van der Waals surface area contributed by atoms with Gasteiger partial charge in [-0.2, -0.15) is 5.10 Å². The van der Waals surface area contributed by atoms with E-state index in [2.05, 4.69) is 57.6 Å². The molecule has 0 saturated heterocycles. The molecule has 31 heavy (non-hydrogen) atoms. The number of carbonyl (C=O) groups is 1. The molecule has 2 heterocycles. The third kappa shape index (κ3) is 4.09. The van der Waals surface area contributed by atoms with Crippen molar-refractivity contribution in [3.63, 3.8) is 0 Å². The lowest BCUT2D eigenvalue weighted by molar-refractivity contribution is -0.122. The van der Waals surface area contributed by atoms with E-state index in [-0.39, 0.29) is 24.6 Å². The second-order valence-corrected chi connectivity index (χ2v) is 9.95. The molecule has 0 aromatic carbocycles. The third-order valence-corrected chi connectivity index (χ3v) is 7.95. The summed E-state index contributed by atoms with van der Waals surface area (Å²) in [5.41, 5.74) is 0.725. The van der Waals surface area contributed by atoms with Crippen LogP contribution in [0.3, 0.4) is 0 Å². The number of hydrogen-bond acceptors (Lipinski definition) is 7. The molecule has 1 amide bonds. The monoisotopic (exact) mass is 493 g/mol. The molecule has 9 nitrogen and oxygen atoms in total. The highest BCUT2D eigenvalue weighted by Gasteiger charge is 2.56. The molecule has 4 atom stereocenters. The number of aromatic nitrogens is 3. The molecule has 2 N–H and O–H groups in total. The number of fused-ring (bicyclic) bond motifs is 2. The molecule has 168 valence electrons. The van der Waals surface area contributed by atoms with Crippen LogP contribution in [-0.4, -0.2) is 34.0 Å². The number of hydrogen-bond donors (Lipinski definition) is 2. The Balaban J connectivity index is 1.37. The number of rotatable bonds is 7. The van der Waals surface area contributed by atoms with Crippen LogP contribution < -0.4 is 20.9 Å². The van der Waals surface area contributed by atoms with Gasteiger partial charge in [-0.3, -0.25) is 9.59 Å². The fourth-order valence-corrected chi connectivity index (χ4v) is 5.49. The smallest absolute Gasteiger partial charge is 0.283 e. The molecule has 0 unspecified atom stereocenters. The van der Waals surface area contributed by atoms with E-state index in [1.165, 1.54) is 13.5 Å². The fourth-order valence-electron chi connectivity index (χ4n) is 5.07. The summed E-state index contributed by atoms with van der Waals surface area (Å²) in [5, 5.41) is 14.1. The van der Waals surface area contributed by atoms with Crippen molar-refractivity contribution < 1.29 is 14.1 Å². The van der Waals surface area contributed by atoms with E-state index in [4.69, 9.17) is 9.26 Å². The highest BCUT2D eigenvalue weighted by molar-refractivity contribution is 9.10. The Morgan fingerprint density at radius 1 is 1.42 bits per heavy atom. The first kappa shape index (κ1) is 21.9. The molecule has 0 radical (unpaired) electrons. The molecule has 3 aliphatic rings. The van der Waals surface area contributed by atoms with Crippen molar-refractivity contribution in [3.05, 3.63) is 32.8 Å². The molecule has 5 rings (SSSR count). The summed E-state index contributed by atoms with van der Waals surface area (Å²) in [4.78, 5) is 25.0. The van der Waals surface area contributed by atoms with Crippen LogP contribution in [0.1, 0.15) is 39.4 Å². The fraction of sp³-hybridized carbons (Fsp3) is 0.619. The largest absolute Gasteiger partial charge is 0.479 e. The molecule has 0 spiro atoms. The van der Waals surface area contributed by atoms with Crippen LogP contribution in [0.2, 0.25) is 0 Å². The van der Waals surface area contributed by atoms with Gasteiger partial charge in [-0.05, 0) is 57.1 Å². The molecule has 3 saturated carbocycles. The zero-order valence-electron chi connectivity index (χ0n) is 18.1. The number of nitrogens with one attached hydrogen (secondary N) is 2. The number of ether oxygens (including phenoxy) is 1. The molecule has 10 heteroatoms. The van der Waals surface area contributed by atoms with Gasteiger partial charge in [0.15, 0.2) is 5.76 Å². The van der Waals surface area contributed by atoms with Gasteiger partial charge in [0.05, 0.1) is 25.5 Å². The highest BCUT2D eigenvalue weighted by atomic mass is 79.9. The zero-order valence-corrected chi connectivity index (χ0v) is 19.7. The second-order valence-electron chi connectivity index (χ2n) is 9.15. The number of halogens is 1. The Labute approximate surface area is 189 Å². The predicted octanol–water partition coefficient (Wildman–Crippen LogP) is 2.80. The van der Waals surface area contributed by atoms with Crippen molar-refractivity contribution in [2.75, 3.05) is 12.4 Å². The summed E-state index contributed by atoms with van der Waals surface area (Å²) in [5.74, 6) is 2.36. The van der Waals surface area contributed by atoms with E-state index < -0.39 is 0 Å². The zero-order chi connectivity index (χ0) is 22.3. The molecule has 2 aromatic heterocycles. The summed E-state index contributed by atoms with van der Waals surface area (Å²) in [6.45, 7) is 6.96. The highest BCUT2D eigenvalue weighted by Crippen LogP contribution is 2.61. The molecule has 3 aliphatic carbocycles. The Kier molecular flexibility index (Phi) is 5.85. The van der Waals surface area contributed by atoms with Crippen LogP contribution in [0.25, 0.3) is 0 Å². The van der Waals surface area contributed by atoms with Gasteiger partial charge in [0.1, 0.15) is 11.0 Å².